The lowest BCUT2D eigenvalue weighted by atomic mass is 10.1. The number of benzene rings is 2. The second kappa shape index (κ2) is 8.31. The van der Waals surface area contributed by atoms with Crippen molar-refractivity contribution in [3.8, 4) is 0 Å². The first-order valence-electron chi connectivity index (χ1n) is 6.90. The second-order valence-corrected chi connectivity index (χ2v) is 5.66. The lowest BCUT2D eigenvalue weighted by Crippen LogP contribution is -2.43. The van der Waals surface area contributed by atoms with Gasteiger partial charge < -0.3 is 5.32 Å². The number of thiocarbonyl (C=S) groups is 1. The van der Waals surface area contributed by atoms with Crippen molar-refractivity contribution in [2.75, 3.05) is 5.32 Å². The Morgan fingerprint density at radius 3 is 2.35 bits per heavy atom. The molecule has 0 fully saturated rings. The maximum absolute atomic E-state index is 11.7. The van der Waals surface area contributed by atoms with Crippen LogP contribution >= 0.6 is 23.8 Å². The molecule has 2 rings (SSSR count). The number of carbonyl (C=O) groups is 1. The summed E-state index contributed by atoms with van der Waals surface area (Å²) < 4.78 is 0. The minimum atomic E-state index is -0.300. The van der Waals surface area contributed by atoms with Crippen molar-refractivity contribution in [3.63, 3.8) is 0 Å². The van der Waals surface area contributed by atoms with Gasteiger partial charge in [-0.25, -0.2) is 0 Å². The number of hydrazine groups is 1. The summed E-state index contributed by atoms with van der Waals surface area (Å²) in [5.41, 5.74) is 8.02. The van der Waals surface area contributed by atoms with Gasteiger partial charge in [-0.05, 0) is 55.0 Å². The molecule has 0 atom stereocenters. The normalized spacial score (nSPS) is 10.3. The Balaban J connectivity index is 1.78. The summed E-state index contributed by atoms with van der Waals surface area (Å²) in [7, 11) is 0. The molecule has 23 heavy (non-hydrogen) atoms. The molecule has 0 saturated carbocycles. The van der Waals surface area contributed by atoms with Gasteiger partial charge in [0.1, 0.15) is 0 Å². The molecular formula is C17H16ClN3OS. The maximum atomic E-state index is 11.7. The van der Waals surface area contributed by atoms with E-state index in [9.17, 15) is 4.79 Å². The molecular weight excluding hydrogens is 330 g/mol. The quantitative estimate of drug-likeness (QED) is 0.451. The molecule has 0 saturated heterocycles. The van der Waals surface area contributed by atoms with Gasteiger partial charge in [0, 0.05) is 16.8 Å². The lowest BCUT2D eigenvalue weighted by Gasteiger charge is -2.10. The van der Waals surface area contributed by atoms with Crippen LogP contribution in [-0.2, 0) is 4.79 Å². The first kappa shape index (κ1) is 17.0. The van der Waals surface area contributed by atoms with E-state index in [2.05, 4.69) is 16.2 Å². The second-order valence-electron chi connectivity index (χ2n) is 4.82. The number of rotatable bonds is 3. The standard InChI is InChI=1S/C17H16ClN3OS/c1-12-2-4-13(5-3-12)6-11-16(22)20-21-17(23)19-15-9-7-14(18)8-10-15/h2-11H,1H3,(H,20,22)(H2,19,21,23)/b11-6+. The SMILES string of the molecule is Cc1ccc(/C=C/C(=O)NNC(=S)Nc2ccc(Cl)cc2)cc1. The molecule has 6 heteroatoms. The van der Waals surface area contributed by atoms with E-state index in [-0.39, 0.29) is 11.0 Å². The summed E-state index contributed by atoms with van der Waals surface area (Å²) >= 11 is 10.9. The van der Waals surface area contributed by atoms with E-state index in [0.717, 1.165) is 11.3 Å². The first-order valence-corrected chi connectivity index (χ1v) is 7.69. The molecule has 2 aromatic carbocycles. The average Bonchev–Trinajstić information content (AvgIpc) is 2.54. The van der Waals surface area contributed by atoms with Gasteiger partial charge in [0.2, 0.25) is 0 Å². The minimum Gasteiger partial charge on any atom is -0.331 e. The number of nitrogens with one attached hydrogen (secondary N) is 3. The van der Waals surface area contributed by atoms with Crippen LogP contribution in [0.5, 0.6) is 0 Å². The van der Waals surface area contributed by atoms with Crippen LogP contribution in [0.25, 0.3) is 6.08 Å². The molecule has 118 valence electrons. The van der Waals surface area contributed by atoms with E-state index in [1.165, 1.54) is 11.6 Å². The van der Waals surface area contributed by atoms with Gasteiger partial charge in [-0.15, -0.1) is 0 Å². The molecule has 0 heterocycles. The van der Waals surface area contributed by atoms with E-state index in [1.807, 2.05) is 31.2 Å². The fourth-order valence-corrected chi connectivity index (χ4v) is 2.00. The molecule has 0 aliphatic carbocycles. The molecule has 0 unspecified atom stereocenters. The lowest BCUT2D eigenvalue weighted by molar-refractivity contribution is -0.116. The zero-order valence-corrected chi connectivity index (χ0v) is 14.0. The van der Waals surface area contributed by atoms with Crippen molar-refractivity contribution in [1.82, 2.24) is 10.9 Å². The van der Waals surface area contributed by atoms with Crippen molar-refractivity contribution >= 4 is 46.6 Å². The Bertz CT molecular complexity index is 712. The molecule has 0 aliphatic heterocycles. The molecule has 0 spiro atoms. The molecule has 0 radical (unpaired) electrons. The van der Waals surface area contributed by atoms with Crippen LogP contribution in [0.2, 0.25) is 5.02 Å². The van der Waals surface area contributed by atoms with E-state index in [0.29, 0.717) is 5.02 Å². The van der Waals surface area contributed by atoms with Crippen LogP contribution in [-0.4, -0.2) is 11.0 Å². The van der Waals surface area contributed by atoms with Crippen molar-refractivity contribution in [2.45, 2.75) is 6.92 Å². The van der Waals surface area contributed by atoms with E-state index in [1.54, 1.807) is 30.3 Å². The highest BCUT2D eigenvalue weighted by molar-refractivity contribution is 7.80. The molecule has 0 aliphatic rings. The third-order valence-electron chi connectivity index (χ3n) is 2.91. The highest BCUT2D eigenvalue weighted by Gasteiger charge is 1.99. The van der Waals surface area contributed by atoms with Gasteiger partial charge in [-0.2, -0.15) is 0 Å². The molecule has 0 bridgehead atoms. The van der Waals surface area contributed by atoms with E-state index in [4.69, 9.17) is 23.8 Å². The predicted octanol–water partition coefficient (Wildman–Crippen LogP) is 3.68. The monoisotopic (exact) mass is 345 g/mol. The smallest absolute Gasteiger partial charge is 0.262 e. The Labute approximate surface area is 145 Å². The van der Waals surface area contributed by atoms with Gasteiger partial charge >= 0.3 is 0 Å². The molecule has 1 amide bonds. The van der Waals surface area contributed by atoms with Crippen molar-refractivity contribution < 1.29 is 4.79 Å². The van der Waals surface area contributed by atoms with E-state index < -0.39 is 0 Å². The first-order chi connectivity index (χ1) is 11.0. The maximum Gasteiger partial charge on any atom is 0.262 e. The van der Waals surface area contributed by atoms with Gasteiger partial charge in [-0.3, -0.25) is 15.6 Å². The third-order valence-corrected chi connectivity index (χ3v) is 3.36. The van der Waals surface area contributed by atoms with Crippen molar-refractivity contribution in [2.24, 2.45) is 0 Å². The van der Waals surface area contributed by atoms with Gasteiger partial charge in [0.05, 0.1) is 0 Å². The van der Waals surface area contributed by atoms with Crippen LogP contribution in [0.1, 0.15) is 11.1 Å². The number of hydrogen-bond donors (Lipinski definition) is 3. The van der Waals surface area contributed by atoms with Crippen LogP contribution in [0, 0.1) is 6.92 Å². The number of anilines is 1. The highest BCUT2D eigenvalue weighted by atomic mass is 35.5. The molecule has 3 N–H and O–H groups in total. The van der Waals surface area contributed by atoms with Crippen LogP contribution in [0.3, 0.4) is 0 Å². The fraction of sp³-hybridized carbons (Fsp3) is 0.0588. The summed E-state index contributed by atoms with van der Waals surface area (Å²) in [6, 6.07) is 14.9. The summed E-state index contributed by atoms with van der Waals surface area (Å²) in [6.07, 6.45) is 3.16. The Morgan fingerprint density at radius 2 is 1.70 bits per heavy atom. The fourth-order valence-electron chi connectivity index (χ4n) is 1.71. The topological polar surface area (TPSA) is 53.2 Å². The summed E-state index contributed by atoms with van der Waals surface area (Å²) in [4.78, 5) is 11.7. The Kier molecular flexibility index (Phi) is 6.14. The third kappa shape index (κ3) is 6.10. The van der Waals surface area contributed by atoms with Crippen molar-refractivity contribution in [1.29, 1.82) is 0 Å². The van der Waals surface area contributed by atoms with Gasteiger partial charge in [0.15, 0.2) is 5.11 Å². The molecule has 2 aromatic rings. The summed E-state index contributed by atoms with van der Waals surface area (Å²) in [5.74, 6) is -0.300. The number of halogens is 1. The average molecular weight is 346 g/mol. The number of hydrogen-bond acceptors (Lipinski definition) is 2. The minimum absolute atomic E-state index is 0.282. The van der Waals surface area contributed by atoms with Crippen LogP contribution < -0.4 is 16.2 Å². The van der Waals surface area contributed by atoms with Gasteiger partial charge in [0.25, 0.3) is 5.91 Å². The largest absolute Gasteiger partial charge is 0.331 e. The zero-order valence-electron chi connectivity index (χ0n) is 12.5. The van der Waals surface area contributed by atoms with Crippen LogP contribution in [0.15, 0.2) is 54.6 Å². The highest BCUT2D eigenvalue weighted by Crippen LogP contribution is 2.13. The summed E-state index contributed by atoms with van der Waals surface area (Å²) in [6.45, 7) is 2.01. The Morgan fingerprint density at radius 1 is 1.04 bits per heavy atom. The molecule has 0 aromatic heterocycles. The van der Waals surface area contributed by atoms with Crippen LogP contribution in [0.4, 0.5) is 5.69 Å². The van der Waals surface area contributed by atoms with Gasteiger partial charge in [-0.1, -0.05) is 41.4 Å². The number of amides is 1. The predicted molar refractivity (Wildman–Crippen MR) is 99.2 cm³/mol. The summed E-state index contributed by atoms with van der Waals surface area (Å²) in [5, 5.41) is 3.85. The number of carbonyl (C=O) groups excluding carboxylic acids is 1. The van der Waals surface area contributed by atoms with Crippen molar-refractivity contribution in [3.05, 3.63) is 70.8 Å². The van der Waals surface area contributed by atoms with E-state index >= 15 is 0 Å². The zero-order chi connectivity index (χ0) is 16.7. The Hall–Kier alpha value is -2.37. The molecule has 4 nitrogen and oxygen atoms in total. The number of aryl methyl sites for hydroxylation is 1.